The van der Waals surface area contributed by atoms with Gasteiger partial charge in [0.05, 0.1) is 7.11 Å². The molecule has 0 saturated carbocycles. The lowest BCUT2D eigenvalue weighted by Gasteiger charge is -2.12. The third-order valence-corrected chi connectivity index (χ3v) is 4.15. The molecule has 0 aliphatic heterocycles. The van der Waals surface area contributed by atoms with Crippen molar-refractivity contribution in [1.29, 1.82) is 0 Å². The molecule has 0 aliphatic rings. The van der Waals surface area contributed by atoms with Gasteiger partial charge < -0.3 is 19.9 Å². The van der Waals surface area contributed by atoms with Crippen LogP contribution in [0.5, 0.6) is 11.5 Å². The molecule has 0 aromatic heterocycles. The number of benzene rings is 2. The predicted molar refractivity (Wildman–Crippen MR) is 101 cm³/mol. The number of amides is 1. The molecule has 0 aliphatic carbocycles. The van der Waals surface area contributed by atoms with Gasteiger partial charge in [-0.2, -0.15) is 0 Å². The Morgan fingerprint density at radius 3 is 2.54 bits per heavy atom. The Kier molecular flexibility index (Phi) is 6.80. The van der Waals surface area contributed by atoms with Crippen molar-refractivity contribution in [3.63, 3.8) is 0 Å². The van der Waals surface area contributed by atoms with Crippen LogP contribution in [0.4, 0.5) is 0 Å². The number of carboxylic acid groups (broad SMARTS) is 1. The van der Waals surface area contributed by atoms with Crippen LogP contribution in [0, 0.1) is 0 Å². The molecule has 0 saturated heterocycles. The molecule has 0 radical (unpaired) electrons. The Morgan fingerprint density at radius 1 is 1.19 bits per heavy atom. The molecule has 2 aromatic carbocycles. The monoisotopic (exact) mass is 419 g/mol. The third kappa shape index (κ3) is 5.35. The molecule has 2 aromatic rings. The number of carbonyl (C=O) groups is 2. The van der Waals surface area contributed by atoms with Crippen molar-refractivity contribution >= 4 is 33.9 Å². The molecule has 0 fully saturated rings. The summed E-state index contributed by atoms with van der Waals surface area (Å²) in [6.07, 6.45) is 1.35. The Bertz CT molecular complexity index is 848. The van der Waals surface area contributed by atoms with E-state index in [9.17, 15) is 9.59 Å². The molecule has 0 bridgehead atoms. The zero-order chi connectivity index (χ0) is 19.1. The van der Waals surface area contributed by atoms with Gasteiger partial charge >= 0.3 is 5.97 Å². The van der Waals surface area contributed by atoms with Gasteiger partial charge in [0.15, 0.2) is 11.5 Å². The molecule has 2 rings (SSSR count). The lowest BCUT2D eigenvalue weighted by molar-refractivity contribution is -0.134. The number of halogens is 1. The van der Waals surface area contributed by atoms with Crippen LogP contribution in [0.1, 0.15) is 18.1 Å². The molecule has 2 N–H and O–H groups in total. The number of carbonyl (C=O) groups excluding carboxylic acids is 1. The highest BCUT2D eigenvalue weighted by Crippen LogP contribution is 2.30. The van der Waals surface area contributed by atoms with E-state index in [4.69, 9.17) is 14.6 Å². The fourth-order valence-corrected chi connectivity index (χ4v) is 2.57. The Hall–Kier alpha value is -2.80. The molecule has 26 heavy (non-hydrogen) atoms. The smallest absolute Gasteiger partial charge is 0.352 e. The number of methoxy groups -OCH3 is 1. The highest BCUT2D eigenvalue weighted by molar-refractivity contribution is 9.10. The molecule has 0 spiro atoms. The fourth-order valence-electron chi connectivity index (χ4n) is 2.17. The quantitative estimate of drug-likeness (QED) is 0.669. The summed E-state index contributed by atoms with van der Waals surface area (Å²) in [5.74, 6) is -0.706. The van der Waals surface area contributed by atoms with Crippen molar-refractivity contribution in [3.05, 3.63) is 63.8 Å². The molecule has 6 nitrogen and oxygen atoms in total. The van der Waals surface area contributed by atoms with Crippen LogP contribution >= 0.6 is 15.9 Å². The van der Waals surface area contributed by atoms with Gasteiger partial charge in [-0.25, -0.2) is 4.79 Å². The van der Waals surface area contributed by atoms with Crippen LogP contribution in [0.15, 0.2) is 52.6 Å². The SMILES string of the molecule is COc1cc(/C=C(/NC(C)=O)C(=O)O)ccc1OCc1ccccc1Br. The van der Waals surface area contributed by atoms with Gasteiger partial charge in [0.2, 0.25) is 5.91 Å². The van der Waals surface area contributed by atoms with Crippen LogP contribution in [0.3, 0.4) is 0 Å². The third-order valence-electron chi connectivity index (χ3n) is 3.38. The summed E-state index contributed by atoms with van der Waals surface area (Å²) in [7, 11) is 1.50. The highest BCUT2D eigenvalue weighted by atomic mass is 79.9. The lowest BCUT2D eigenvalue weighted by Crippen LogP contribution is -2.24. The van der Waals surface area contributed by atoms with E-state index < -0.39 is 11.9 Å². The number of aliphatic carboxylic acids is 1. The van der Waals surface area contributed by atoms with Gasteiger partial charge in [-0.15, -0.1) is 0 Å². The van der Waals surface area contributed by atoms with E-state index in [2.05, 4.69) is 21.2 Å². The summed E-state index contributed by atoms with van der Waals surface area (Å²) in [6.45, 7) is 1.59. The van der Waals surface area contributed by atoms with Gasteiger partial charge in [-0.1, -0.05) is 40.2 Å². The van der Waals surface area contributed by atoms with Crippen molar-refractivity contribution in [2.24, 2.45) is 0 Å². The van der Waals surface area contributed by atoms with E-state index in [1.165, 1.54) is 20.1 Å². The van der Waals surface area contributed by atoms with E-state index in [0.29, 0.717) is 23.7 Å². The van der Waals surface area contributed by atoms with Crippen LogP contribution in [0.25, 0.3) is 6.08 Å². The maximum Gasteiger partial charge on any atom is 0.352 e. The van der Waals surface area contributed by atoms with Crippen molar-refractivity contribution in [2.75, 3.05) is 7.11 Å². The largest absolute Gasteiger partial charge is 0.493 e. The van der Waals surface area contributed by atoms with Gasteiger partial charge in [-0.3, -0.25) is 4.79 Å². The van der Waals surface area contributed by atoms with Crippen LogP contribution in [0.2, 0.25) is 0 Å². The van der Waals surface area contributed by atoms with E-state index in [1.807, 2.05) is 24.3 Å². The second-order valence-corrected chi connectivity index (χ2v) is 6.19. The number of carboxylic acids is 1. The minimum atomic E-state index is -1.23. The molecule has 7 heteroatoms. The standard InChI is InChI=1S/C19H18BrNO5/c1-12(22)21-16(19(23)24)9-13-7-8-17(18(10-13)25-2)26-11-14-5-3-4-6-15(14)20/h3-10H,11H2,1-2H3,(H,21,22)(H,23,24)/b16-9+. The summed E-state index contributed by atoms with van der Waals surface area (Å²) in [6, 6.07) is 12.7. The zero-order valence-electron chi connectivity index (χ0n) is 14.3. The van der Waals surface area contributed by atoms with Gasteiger partial charge in [-0.05, 0) is 29.8 Å². The highest BCUT2D eigenvalue weighted by Gasteiger charge is 2.11. The first-order chi connectivity index (χ1) is 12.4. The first kappa shape index (κ1) is 19.5. The average molecular weight is 420 g/mol. The first-order valence-electron chi connectivity index (χ1n) is 7.67. The van der Waals surface area contributed by atoms with E-state index >= 15 is 0 Å². The summed E-state index contributed by atoms with van der Waals surface area (Å²) in [5, 5.41) is 11.4. The van der Waals surface area contributed by atoms with Gasteiger partial charge in [0, 0.05) is 17.0 Å². The van der Waals surface area contributed by atoms with Crippen molar-refractivity contribution < 1.29 is 24.2 Å². The zero-order valence-corrected chi connectivity index (χ0v) is 15.9. The van der Waals surface area contributed by atoms with E-state index in [0.717, 1.165) is 10.0 Å². The van der Waals surface area contributed by atoms with Crippen LogP contribution in [-0.4, -0.2) is 24.1 Å². The van der Waals surface area contributed by atoms with Crippen molar-refractivity contribution in [3.8, 4) is 11.5 Å². The summed E-state index contributed by atoms with van der Waals surface area (Å²) >= 11 is 3.47. The Labute approximate surface area is 159 Å². The second kappa shape index (κ2) is 9.05. The molecule has 0 atom stereocenters. The Morgan fingerprint density at radius 2 is 1.92 bits per heavy atom. The lowest BCUT2D eigenvalue weighted by atomic mass is 10.1. The van der Waals surface area contributed by atoms with E-state index in [1.54, 1.807) is 18.2 Å². The summed E-state index contributed by atoms with van der Waals surface area (Å²) in [5.41, 5.74) is 1.32. The molecule has 136 valence electrons. The van der Waals surface area contributed by atoms with Crippen molar-refractivity contribution in [2.45, 2.75) is 13.5 Å². The maximum absolute atomic E-state index is 11.2. The van der Waals surface area contributed by atoms with E-state index in [-0.39, 0.29) is 5.70 Å². The summed E-state index contributed by atoms with van der Waals surface area (Å²) < 4.78 is 12.1. The van der Waals surface area contributed by atoms with Gasteiger partial charge in [0.1, 0.15) is 12.3 Å². The average Bonchev–Trinajstić information content (AvgIpc) is 2.60. The number of rotatable bonds is 7. The predicted octanol–water partition coefficient (Wildman–Crippen LogP) is 3.60. The normalized spacial score (nSPS) is 11.0. The first-order valence-corrected chi connectivity index (χ1v) is 8.47. The maximum atomic E-state index is 11.2. The van der Waals surface area contributed by atoms with Crippen molar-refractivity contribution in [1.82, 2.24) is 5.32 Å². The van der Waals surface area contributed by atoms with Crippen LogP contribution in [-0.2, 0) is 16.2 Å². The van der Waals surface area contributed by atoms with Crippen LogP contribution < -0.4 is 14.8 Å². The minimum absolute atomic E-state index is 0.221. The number of nitrogens with one attached hydrogen (secondary N) is 1. The Balaban J connectivity index is 2.22. The molecule has 1 amide bonds. The molecule has 0 unspecified atom stereocenters. The number of hydrogen-bond donors (Lipinski definition) is 2. The molecule has 0 heterocycles. The fraction of sp³-hybridized carbons (Fsp3) is 0.158. The molecular weight excluding hydrogens is 402 g/mol. The number of ether oxygens (including phenoxy) is 2. The summed E-state index contributed by atoms with van der Waals surface area (Å²) in [4.78, 5) is 22.3. The van der Waals surface area contributed by atoms with Gasteiger partial charge in [0.25, 0.3) is 0 Å². The second-order valence-electron chi connectivity index (χ2n) is 5.33. The molecular formula is C19H18BrNO5. The number of hydrogen-bond acceptors (Lipinski definition) is 4. The topological polar surface area (TPSA) is 84.9 Å². The minimum Gasteiger partial charge on any atom is -0.493 e.